The molecule has 1 aromatic rings. The van der Waals surface area contributed by atoms with Gasteiger partial charge < -0.3 is 11.5 Å². The predicted octanol–water partition coefficient (Wildman–Crippen LogP) is 0.972. The Kier molecular flexibility index (Phi) is 1.81. The van der Waals surface area contributed by atoms with Gasteiger partial charge in [0.2, 0.25) is 0 Å². The van der Waals surface area contributed by atoms with Crippen LogP contribution in [0.4, 0.5) is 11.4 Å². The average Bonchev–Trinajstić information content (AvgIpc) is 1.85. The van der Waals surface area contributed by atoms with Crippen LogP contribution in [0.15, 0.2) is 12.1 Å². The van der Waals surface area contributed by atoms with Gasteiger partial charge in [0.25, 0.3) is 0 Å². The Balaban J connectivity index is 3.36. The Morgan fingerprint density at radius 1 is 1.27 bits per heavy atom. The minimum Gasteiger partial charge on any atom is -0.398 e. The van der Waals surface area contributed by atoms with Gasteiger partial charge in [0.1, 0.15) is 0 Å². The lowest BCUT2D eigenvalue weighted by Gasteiger charge is -2.03. The highest BCUT2D eigenvalue weighted by Gasteiger charge is 2.02. The van der Waals surface area contributed by atoms with Crippen molar-refractivity contribution in [3.8, 4) is 0 Å². The van der Waals surface area contributed by atoms with Crippen molar-refractivity contribution in [3.05, 3.63) is 23.3 Å². The average molecular weight is 150 g/mol. The molecule has 0 aliphatic heterocycles. The molecule has 0 unspecified atom stereocenters. The summed E-state index contributed by atoms with van der Waals surface area (Å²) in [6.45, 7) is 1.88. The minimum absolute atomic E-state index is 0.385. The van der Waals surface area contributed by atoms with E-state index in [1.165, 1.54) is 0 Å². The highest BCUT2D eigenvalue weighted by molar-refractivity contribution is 5.90. The van der Waals surface area contributed by atoms with E-state index < -0.39 is 0 Å². The van der Waals surface area contributed by atoms with Crippen molar-refractivity contribution in [1.29, 1.82) is 0 Å². The molecule has 0 saturated carbocycles. The van der Waals surface area contributed by atoms with E-state index in [0.29, 0.717) is 23.2 Å². The monoisotopic (exact) mass is 150 g/mol. The number of nitrogens with two attached hydrogens (primary N) is 2. The molecule has 0 fully saturated rings. The van der Waals surface area contributed by atoms with E-state index >= 15 is 0 Å². The lowest BCUT2D eigenvalue weighted by molar-refractivity contribution is 0.112. The number of hydrogen-bond donors (Lipinski definition) is 2. The van der Waals surface area contributed by atoms with Gasteiger partial charge in [0.05, 0.1) is 5.56 Å². The SMILES string of the molecule is Cc1cc(N)c(C=O)c(N)c1. The topological polar surface area (TPSA) is 69.1 Å². The molecule has 3 heteroatoms. The molecule has 0 heterocycles. The van der Waals surface area contributed by atoms with Crippen LogP contribution in [0.1, 0.15) is 15.9 Å². The number of carbonyl (C=O) groups excluding carboxylic acids is 1. The zero-order valence-corrected chi connectivity index (χ0v) is 6.29. The Bertz CT molecular complexity index is 271. The quantitative estimate of drug-likeness (QED) is 0.463. The summed E-state index contributed by atoms with van der Waals surface area (Å²) in [6, 6.07) is 3.44. The summed E-state index contributed by atoms with van der Waals surface area (Å²) >= 11 is 0. The van der Waals surface area contributed by atoms with Crippen LogP contribution >= 0.6 is 0 Å². The van der Waals surface area contributed by atoms with Crippen molar-refractivity contribution >= 4 is 17.7 Å². The standard InChI is InChI=1S/C8H10N2O/c1-5-2-7(9)6(4-11)8(10)3-5/h2-4H,9-10H2,1H3. The van der Waals surface area contributed by atoms with Crippen molar-refractivity contribution in [1.82, 2.24) is 0 Å². The zero-order valence-electron chi connectivity index (χ0n) is 6.29. The first-order valence-corrected chi connectivity index (χ1v) is 3.26. The summed E-state index contributed by atoms with van der Waals surface area (Å²) in [7, 11) is 0. The van der Waals surface area contributed by atoms with Gasteiger partial charge >= 0.3 is 0 Å². The van der Waals surface area contributed by atoms with Crippen LogP contribution in [0.5, 0.6) is 0 Å². The first-order valence-electron chi connectivity index (χ1n) is 3.26. The van der Waals surface area contributed by atoms with Gasteiger partial charge in [0.15, 0.2) is 6.29 Å². The number of aldehydes is 1. The van der Waals surface area contributed by atoms with Crippen molar-refractivity contribution in [2.24, 2.45) is 0 Å². The Hall–Kier alpha value is -1.51. The van der Waals surface area contributed by atoms with Gasteiger partial charge in [0, 0.05) is 11.4 Å². The molecule has 0 bridgehead atoms. The van der Waals surface area contributed by atoms with Gasteiger partial charge in [-0.1, -0.05) is 0 Å². The van der Waals surface area contributed by atoms with Crippen molar-refractivity contribution in [2.75, 3.05) is 11.5 Å². The first-order chi connectivity index (χ1) is 5.15. The van der Waals surface area contributed by atoms with Crippen LogP contribution < -0.4 is 11.5 Å². The van der Waals surface area contributed by atoms with Gasteiger partial charge in [-0.3, -0.25) is 4.79 Å². The second-order valence-electron chi connectivity index (χ2n) is 2.47. The highest BCUT2D eigenvalue weighted by atomic mass is 16.1. The van der Waals surface area contributed by atoms with Gasteiger partial charge in [-0.25, -0.2) is 0 Å². The molecule has 0 spiro atoms. The second-order valence-corrected chi connectivity index (χ2v) is 2.47. The minimum atomic E-state index is 0.385. The maximum atomic E-state index is 10.4. The maximum Gasteiger partial charge on any atom is 0.154 e. The largest absolute Gasteiger partial charge is 0.398 e. The molecule has 0 saturated heterocycles. The first kappa shape index (κ1) is 7.60. The molecule has 3 nitrogen and oxygen atoms in total. The smallest absolute Gasteiger partial charge is 0.154 e. The summed E-state index contributed by atoms with van der Waals surface area (Å²) in [5.74, 6) is 0. The molecule has 0 aliphatic rings. The van der Waals surface area contributed by atoms with Crippen LogP contribution in [0.3, 0.4) is 0 Å². The molecule has 0 amide bonds. The van der Waals surface area contributed by atoms with Crippen LogP contribution in [0, 0.1) is 6.92 Å². The summed E-state index contributed by atoms with van der Waals surface area (Å²) < 4.78 is 0. The van der Waals surface area contributed by atoms with E-state index in [4.69, 9.17) is 11.5 Å². The van der Waals surface area contributed by atoms with E-state index in [9.17, 15) is 4.79 Å². The van der Waals surface area contributed by atoms with E-state index in [-0.39, 0.29) is 0 Å². The molecule has 4 N–H and O–H groups in total. The molecule has 0 atom stereocenters. The molecule has 11 heavy (non-hydrogen) atoms. The third-order valence-electron chi connectivity index (χ3n) is 1.51. The van der Waals surface area contributed by atoms with Crippen molar-refractivity contribution < 1.29 is 4.79 Å². The van der Waals surface area contributed by atoms with E-state index in [1.807, 2.05) is 6.92 Å². The number of carbonyl (C=O) groups is 1. The van der Waals surface area contributed by atoms with E-state index in [2.05, 4.69) is 0 Å². The Morgan fingerprint density at radius 3 is 2.09 bits per heavy atom. The molecule has 0 radical (unpaired) electrons. The van der Waals surface area contributed by atoms with Crippen molar-refractivity contribution in [2.45, 2.75) is 6.92 Å². The molecule has 1 aromatic carbocycles. The van der Waals surface area contributed by atoms with Gasteiger partial charge in [-0.15, -0.1) is 0 Å². The molecular weight excluding hydrogens is 140 g/mol. The highest BCUT2D eigenvalue weighted by Crippen LogP contribution is 2.19. The van der Waals surface area contributed by atoms with E-state index in [0.717, 1.165) is 5.56 Å². The molecular formula is C8H10N2O. The summed E-state index contributed by atoms with van der Waals surface area (Å²) in [4.78, 5) is 10.4. The maximum absolute atomic E-state index is 10.4. The molecule has 58 valence electrons. The second kappa shape index (κ2) is 2.62. The number of hydrogen-bond acceptors (Lipinski definition) is 3. The van der Waals surface area contributed by atoms with Crippen LogP contribution in [-0.4, -0.2) is 6.29 Å². The van der Waals surface area contributed by atoms with Crippen LogP contribution in [0.25, 0.3) is 0 Å². The summed E-state index contributed by atoms with van der Waals surface area (Å²) in [5, 5.41) is 0. The zero-order chi connectivity index (χ0) is 8.43. The lowest BCUT2D eigenvalue weighted by atomic mass is 10.1. The van der Waals surface area contributed by atoms with E-state index in [1.54, 1.807) is 12.1 Å². The number of benzene rings is 1. The van der Waals surface area contributed by atoms with Crippen LogP contribution in [0.2, 0.25) is 0 Å². The fourth-order valence-electron chi connectivity index (χ4n) is 0.990. The molecule has 0 aromatic heterocycles. The van der Waals surface area contributed by atoms with Gasteiger partial charge in [-0.2, -0.15) is 0 Å². The number of anilines is 2. The fourth-order valence-corrected chi connectivity index (χ4v) is 0.990. The predicted molar refractivity (Wildman–Crippen MR) is 45.4 cm³/mol. The normalized spacial score (nSPS) is 9.55. The number of aryl methyl sites for hydroxylation is 1. The number of rotatable bonds is 1. The van der Waals surface area contributed by atoms with Crippen molar-refractivity contribution in [3.63, 3.8) is 0 Å². The lowest BCUT2D eigenvalue weighted by Crippen LogP contribution is -1.99. The summed E-state index contributed by atoms with van der Waals surface area (Å²) in [5.41, 5.74) is 13.3. The number of nitrogen functional groups attached to an aromatic ring is 2. The third-order valence-corrected chi connectivity index (χ3v) is 1.51. The van der Waals surface area contributed by atoms with Gasteiger partial charge in [-0.05, 0) is 24.6 Å². The Labute approximate surface area is 65.0 Å². The third kappa shape index (κ3) is 1.32. The molecule has 1 rings (SSSR count). The Morgan fingerprint density at radius 2 is 1.73 bits per heavy atom. The molecule has 0 aliphatic carbocycles. The fraction of sp³-hybridized carbons (Fsp3) is 0.125. The summed E-state index contributed by atoms with van der Waals surface area (Å²) in [6.07, 6.45) is 0.671. The van der Waals surface area contributed by atoms with Crippen LogP contribution in [-0.2, 0) is 0 Å².